The van der Waals surface area contributed by atoms with Gasteiger partial charge in [0.15, 0.2) is 0 Å². The number of nitrogens with one attached hydrogen (secondary N) is 1. The van der Waals surface area contributed by atoms with Crippen LogP contribution in [0.15, 0.2) is 0 Å². The number of hydrogen-bond acceptors (Lipinski definition) is 5. The first-order valence-electron chi connectivity index (χ1n) is 4.81. The van der Waals surface area contributed by atoms with E-state index in [0.29, 0.717) is 13.2 Å². The topological polar surface area (TPSA) is 50.8 Å². The number of ether oxygens (including phenoxy) is 2. The van der Waals surface area contributed by atoms with Crippen molar-refractivity contribution in [3.8, 4) is 0 Å². The van der Waals surface area contributed by atoms with Gasteiger partial charge >= 0.3 is 5.97 Å². The van der Waals surface area contributed by atoms with Crippen LogP contribution in [0, 0.1) is 0 Å². The summed E-state index contributed by atoms with van der Waals surface area (Å²) in [5, 5.41) is 3.17. The molecule has 0 amide bonds. The van der Waals surface area contributed by atoms with Gasteiger partial charge in [0.25, 0.3) is 0 Å². The first kappa shape index (κ1) is 11.4. The zero-order valence-corrected chi connectivity index (χ0v) is 8.78. The van der Waals surface area contributed by atoms with Gasteiger partial charge in [-0.15, -0.1) is 0 Å². The van der Waals surface area contributed by atoms with Crippen molar-refractivity contribution in [2.24, 2.45) is 0 Å². The van der Waals surface area contributed by atoms with Gasteiger partial charge in [-0.3, -0.25) is 9.69 Å². The van der Waals surface area contributed by atoms with Gasteiger partial charge in [0.1, 0.15) is 6.04 Å². The van der Waals surface area contributed by atoms with Crippen molar-refractivity contribution < 1.29 is 14.3 Å². The fourth-order valence-corrected chi connectivity index (χ4v) is 1.59. The molecule has 0 saturated carbocycles. The van der Waals surface area contributed by atoms with Crippen LogP contribution in [-0.4, -0.2) is 63.9 Å². The molecule has 0 aromatic heterocycles. The Bertz CT molecular complexity index is 187. The maximum atomic E-state index is 11.4. The van der Waals surface area contributed by atoms with Gasteiger partial charge in [0.2, 0.25) is 0 Å². The summed E-state index contributed by atoms with van der Waals surface area (Å²) < 4.78 is 9.73. The SMILES string of the molecule is COCCN1CCNC[C@H]1C(=O)OC. The molecule has 0 aliphatic carbocycles. The van der Waals surface area contributed by atoms with Crippen molar-refractivity contribution in [3.05, 3.63) is 0 Å². The highest BCUT2D eigenvalue weighted by Crippen LogP contribution is 2.04. The molecular formula is C9H18N2O3. The monoisotopic (exact) mass is 202 g/mol. The average molecular weight is 202 g/mol. The third kappa shape index (κ3) is 2.94. The fraction of sp³-hybridized carbons (Fsp3) is 0.889. The van der Waals surface area contributed by atoms with Crippen LogP contribution in [0.3, 0.4) is 0 Å². The minimum Gasteiger partial charge on any atom is -0.468 e. The summed E-state index contributed by atoms with van der Waals surface area (Å²) in [5.74, 6) is -0.173. The molecule has 0 aromatic carbocycles. The van der Waals surface area contributed by atoms with E-state index in [9.17, 15) is 4.79 Å². The van der Waals surface area contributed by atoms with E-state index in [1.165, 1.54) is 7.11 Å². The predicted molar refractivity (Wildman–Crippen MR) is 52.1 cm³/mol. The van der Waals surface area contributed by atoms with Crippen molar-refractivity contribution in [1.82, 2.24) is 10.2 Å². The molecule has 5 heteroatoms. The van der Waals surface area contributed by atoms with E-state index in [2.05, 4.69) is 10.2 Å². The van der Waals surface area contributed by atoms with E-state index in [1.807, 2.05) is 0 Å². The molecular weight excluding hydrogens is 184 g/mol. The van der Waals surface area contributed by atoms with Crippen LogP contribution in [0.2, 0.25) is 0 Å². The maximum absolute atomic E-state index is 11.4. The third-order valence-corrected chi connectivity index (χ3v) is 2.41. The molecule has 0 unspecified atom stereocenters. The molecule has 0 radical (unpaired) electrons. The predicted octanol–water partition coefficient (Wildman–Crippen LogP) is -0.920. The Morgan fingerprint density at radius 3 is 3.00 bits per heavy atom. The molecule has 1 rings (SSSR count). The normalized spacial score (nSPS) is 23.4. The molecule has 14 heavy (non-hydrogen) atoms. The molecule has 1 heterocycles. The first-order chi connectivity index (χ1) is 6.79. The summed E-state index contributed by atoms with van der Waals surface area (Å²) >= 11 is 0. The second-order valence-corrected chi connectivity index (χ2v) is 3.27. The van der Waals surface area contributed by atoms with E-state index < -0.39 is 0 Å². The smallest absolute Gasteiger partial charge is 0.324 e. The number of nitrogens with zero attached hydrogens (tertiary/aromatic N) is 1. The molecule has 5 nitrogen and oxygen atoms in total. The highest BCUT2D eigenvalue weighted by Gasteiger charge is 2.28. The number of esters is 1. The molecule has 1 N–H and O–H groups in total. The van der Waals surface area contributed by atoms with Gasteiger partial charge in [-0.25, -0.2) is 0 Å². The molecule has 0 bridgehead atoms. The number of rotatable bonds is 4. The minimum absolute atomic E-state index is 0.163. The van der Waals surface area contributed by atoms with Crippen molar-refractivity contribution in [1.29, 1.82) is 0 Å². The standard InChI is InChI=1S/C9H18N2O3/c1-13-6-5-11-4-3-10-7-8(11)9(12)14-2/h8,10H,3-7H2,1-2H3/t8-/m0/s1. The Balaban J connectivity index is 2.45. The molecule has 1 saturated heterocycles. The first-order valence-corrected chi connectivity index (χ1v) is 4.81. The van der Waals surface area contributed by atoms with Gasteiger partial charge < -0.3 is 14.8 Å². The summed E-state index contributed by atoms with van der Waals surface area (Å²) in [6.07, 6.45) is 0. The second-order valence-electron chi connectivity index (χ2n) is 3.27. The highest BCUT2D eigenvalue weighted by molar-refractivity contribution is 5.76. The summed E-state index contributed by atoms with van der Waals surface area (Å²) in [4.78, 5) is 13.5. The Kier molecular flexibility index (Phi) is 4.86. The lowest BCUT2D eigenvalue weighted by molar-refractivity contribution is -0.147. The van der Waals surface area contributed by atoms with Gasteiger partial charge in [-0.05, 0) is 0 Å². The van der Waals surface area contributed by atoms with E-state index in [4.69, 9.17) is 9.47 Å². The van der Waals surface area contributed by atoms with Gasteiger partial charge in [-0.1, -0.05) is 0 Å². The summed E-state index contributed by atoms with van der Waals surface area (Å²) in [6.45, 7) is 3.86. The highest BCUT2D eigenvalue weighted by atomic mass is 16.5. The van der Waals surface area contributed by atoms with E-state index in [1.54, 1.807) is 7.11 Å². The molecule has 1 aliphatic rings. The quantitative estimate of drug-likeness (QED) is 0.597. The van der Waals surface area contributed by atoms with Crippen molar-refractivity contribution in [2.45, 2.75) is 6.04 Å². The van der Waals surface area contributed by atoms with E-state index >= 15 is 0 Å². The van der Waals surface area contributed by atoms with Crippen LogP contribution in [0.5, 0.6) is 0 Å². The number of carbonyl (C=O) groups is 1. The Hall–Kier alpha value is -0.650. The van der Waals surface area contributed by atoms with Crippen LogP contribution < -0.4 is 5.32 Å². The molecule has 1 aliphatic heterocycles. The maximum Gasteiger partial charge on any atom is 0.324 e. The lowest BCUT2D eigenvalue weighted by atomic mass is 10.2. The van der Waals surface area contributed by atoms with Gasteiger partial charge in [0.05, 0.1) is 13.7 Å². The summed E-state index contributed by atoms with van der Waals surface area (Å²) in [7, 11) is 3.08. The second kappa shape index (κ2) is 5.95. The molecule has 0 aromatic rings. The average Bonchev–Trinajstić information content (AvgIpc) is 2.25. The van der Waals surface area contributed by atoms with Crippen LogP contribution >= 0.6 is 0 Å². The number of methoxy groups -OCH3 is 2. The fourth-order valence-electron chi connectivity index (χ4n) is 1.59. The van der Waals surface area contributed by atoms with E-state index in [0.717, 1.165) is 19.6 Å². The van der Waals surface area contributed by atoms with Gasteiger partial charge in [-0.2, -0.15) is 0 Å². The lowest BCUT2D eigenvalue weighted by Gasteiger charge is -2.33. The van der Waals surface area contributed by atoms with Crippen molar-refractivity contribution >= 4 is 5.97 Å². The van der Waals surface area contributed by atoms with E-state index in [-0.39, 0.29) is 12.0 Å². The molecule has 0 spiro atoms. The van der Waals surface area contributed by atoms with Crippen LogP contribution in [0.4, 0.5) is 0 Å². The van der Waals surface area contributed by atoms with Crippen LogP contribution in [0.1, 0.15) is 0 Å². The number of piperazine rings is 1. The summed E-state index contributed by atoms with van der Waals surface area (Å²) in [6, 6.07) is -0.163. The number of hydrogen-bond donors (Lipinski definition) is 1. The number of carbonyl (C=O) groups excluding carboxylic acids is 1. The zero-order valence-electron chi connectivity index (χ0n) is 8.78. The van der Waals surface area contributed by atoms with Crippen molar-refractivity contribution in [2.75, 3.05) is 47.0 Å². The minimum atomic E-state index is -0.173. The summed E-state index contributed by atoms with van der Waals surface area (Å²) in [5.41, 5.74) is 0. The Morgan fingerprint density at radius 1 is 1.57 bits per heavy atom. The molecule has 1 atom stereocenters. The largest absolute Gasteiger partial charge is 0.468 e. The van der Waals surface area contributed by atoms with Crippen molar-refractivity contribution in [3.63, 3.8) is 0 Å². The zero-order chi connectivity index (χ0) is 10.4. The Labute approximate surface area is 84.4 Å². The van der Waals surface area contributed by atoms with Crippen LogP contribution in [-0.2, 0) is 14.3 Å². The molecule has 1 fully saturated rings. The molecule has 82 valence electrons. The Morgan fingerprint density at radius 2 is 2.36 bits per heavy atom. The lowest BCUT2D eigenvalue weighted by Crippen LogP contribution is -2.55. The third-order valence-electron chi connectivity index (χ3n) is 2.41. The van der Waals surface area contributed by atoms with Gasteiger partial charge in [0, 0.05) is 33.3 Å². The van der Waals surface area contributed by atoms with Crippen LogP contribution in [0.25, 0.3) is 0 Å².